The van der Waals surface area contributed by atoms with E-state index < -0.39 is 12.0 Å². The third-order valence-electron chi connectivity index (χ3n) is 5.01. The summed E-state index contributed by atoms with van der Waals surface area (Å²) in [7, 11) is 3.11. The monoisotopic (exact) mass is 454 g/mol. The lowest BCUT2D eigenvalue weighted by Crippen LogP contribution is -2.40. The van der Waals surface area contributed by atoms with Crippen LogP contribution in [0, 0.1) is 0 Å². The second-order valence-electron chi connectivity index (χ2n) is 7.00. The number of rotatable bonds is 7. The first-order valence-corrected chi connectivity index (χ1v) is 10.7. The standard InChI is InChI=1S/C23H22N2O6S/c1-14-19(22(27)31-12-11-28-2)20(15-6-8-16(29-3)9-7-15)25-21(26)18(32-23(25)24-14)13-17-5-4-10-30-17/h4-10,13,20H,11-12H2,1-3H3. The fraction of sp³-hybridized carbons (Fsp3) is 0.261. The Kier molecular flexibility index (Phi) is 6.38. The van der Waals surface area contributed by atoms with E-state index in [2.05, 4.69) is 4.99 Å². The molecule has 32 heavy (non-hydrogen) atoms. The number of carbonyl (C=O) groups excluding carboxylic acids is 1. The van der Waals surface area contributed by atoms with Gasteiger partial charge in [0.2, 0.25) is 0 Å². The Balaban J connectivity index is 1.88. The molecule has 1 aromatic carbocycles. The highest BCUT2D eigenvalue weighted by Crippen LogP contribution is 2.31. The van der Waals surface area contributed by atoms with Gasteiger partial charge in [-0.05, 0) is 36.8 Å². The van der Waals surface area contributed by atoms with Gasteiger partial charge in [-0.1, -0.05) is 23.5 Å². The predicted octanol–water partition coefficient (Wildman–Crippen LogP) is 2.03. The molecule has 9 heteroatoms. The fourth-order valence-corrected chi connectivity index (χ4v) is 4.51. The summed E-state index contributed by atoms with van der Waals surface area (Å²) in [5, 5.41) is 0. The molecular formula is C23H22N2O6S. The largest absolute Gasteiger partial charge is 0.497 e. The molecule has 0 saturated carbocycles. The highest BCUT2D eigenvalue weighted by molar-refractivity contribution is 7.07. The van der Waals surface area contributed by atoms with E-state index in [-0.39, 0.29) is 18.8 Å². The van der Waals surface area contributed by atoms with E-state index >= 15 is 0 Å². The normalized spacial score (nSPS) is 16.0. The molecule has 4 rings (SSSR count). The van der Waals surface area contributed by atoms with Gasteiger partial charge in [-0.2, -0.15) is 0 Å². The summed E-state index contributed by atoms with van der Waals surface area (Å²) < 4.78 is 23.0. The number of furan rings is 1. The fourth-order valence-electron chi connectivity index (χ4n) is 3.48. The molecule has 2 aromatic heterocycles. The molecule has 0 N–H and O–H groups in total. The Bertz CT molecular complexity index is 1320. The molecule has 8 nitrogen and oxygen atoms in total. The third-order valence-corrected chi connectivity index (χ3v) is 5.99. The number of esters is 1. The molecule has 1 atom stereocenters. The van der Waals surface area contributed by atoms with Crippen molar-refractivity contribution >= 4 is 23.4 Å². The maximum atomic E-state index is 13.4. The lowest BCUT2D eigenvalue weighted by atomic mass is 9.96. The summed E-state index contributed by atoms with van der Waals surface area (Å²) in [6.45, 7) is 2.12. The van der Waals surface area contributed by atoms with Gasteiger partial charge in [0, 0.05) is 13.2 Å². The Morgan fingerprint density at radius 3 is 2.66 bits per heavy atom. The Hall–Kier alpha value is -3.43. The van der Waals surface area contributed by atoms with Gasteiger partial charge < -0.3 is 18.6 Å². The van der Waals surface area contributed by atoms with Crippen LogP contribution >= 0.6 is 11.3 Å². The number of hydrogen-bond donors (Lipinski definition) is 0. The summed E-state index contributed by atoms with van der Waals surface area (Å²) in [6.07, 6.45) is 3.21. The summed E-state index contributed by atoms with van der Waals surface area (Å²) in [4.78, 5) is 31.5. The van der Waals surface area contributed by atoms with Gasteiger partial charge in [-0.3, -0.25) is 9.36 Å². The van der Waals surface area contributed by atoms with Crippen molar-refractivity contribution in [2.24, 2.45) is 4.99 Å². The van der Waals surface area contributed by atoms with Crippen LogP contribution in [0.3, 0.4) is 0 Å². The second kappa shape index (κ2) is 9.37. The molecule has 0 aliphatic carbocycles. The molecule has 166 valence electrons. The number of thiazole rings is 1. The molecule has 0 amide bonds. The van der Waals surface area contributed by atoms with E-state index in [0.29, 0.717) is 32.1 Å². The van der Waals surface area contributed by atoms with Crippen LogP contribution in [0.4, 0.5) is 0 Å². The van der Waals surface area contributed by atoms with Crippen LogP contribution in [0.5, 0.6) is 5.75 Å². The van der Waals surface area contributed by atoms with E-state index in [0.717, 1.165) is 5.56 Å². The van der Waals surface area contributed by atoms with Gasteiger partial charge in [0.05, 0.1) is 41.8 Å². The van der Waals surface area contributed by atoms with Gasteiger partial charge in [-0.25, -0.2) is 9.79 Å². The number of benzene rings is 1. The molecule has 1 aliphatic heterocycles. The third kappa shape index (κ3) is 4.17. The SMILES string of the molecule is COCCOC(=O)C1=C(C)N=c2sc(=Cc3ccco3)c(=O)n2C1c1ccc(OC)cc1. The molecular weight excluding hydrogens is 432 g/mol. The maximum absolute atomic E-state index is 13.4. The van der Waals surface area contributed by atoms with Crippen molar-refractivity contribution in [3.8, 4) is 5.75 Å². The molecule has 3 aromatic rings. The van der Waals surface area contributed by atoms with Crippen LogP contribution in [0.2, 0.25) is 0 Å². The number of aromatic nitrogens is 1. The highest BCUT2D eigenvalue weighted by Gasteiger charge is 2.33. The molecule has 1 unspecified atom stereocenters. The number of methoxy groups -OCH3 is 2. The first-order valence-electron chi connectivity index (χ1n) is 9.89. The average molecular weight is 455 g/mol. The molecule has 0 spiro atoms. The number of hydrogen-bond acceptors (Lipinski definition) is 8. The number of allylic oxidation sites excluding steroid dienone is 1. The van der Waals surface area contributed by atoms with Crippen LogP contribution in [0.1, 0.15) is 24.3 Å². The van der Waals surface area contributed by atoms with Crippen molar-refractivity contribution in [3.63, 3.8) is 0 Å². The van der Waals surface area contributed by atoms with Gasteiger partial charge in [0.25, 0.3) is 5.56 Å². The first kappa shape index (κ1) is 21.8. The molecule has 1 aliphatic rings. The van der Waals surface area contributed by atoms with E-state index in [1.54, 1.807) is 50.6 Å². The quantitative estimate of drug-likeness (QED) is 0.401. The summed E-state index contributed by atoms with van der Waals surface area (Å²) in [5.74, 6) is 0.694. The van der Waals surface area contributed by atoms with Crippen molar-refractivity contribution in [1.82, 2.24) is 4.57 Å². The number of fused-ring (bicyclic) bond motifs is 1. The number of carbonyl (C=O) groups is 1. The summed E-state index contributed by atoms with van der Waals surface area (Å²) in [6, 6.07) is 10.1. The lowest BCUT2D eigenvalue weighted by molar-refractivity contribution is -0.140. The number of ether oxygens (including phenoxy) is 3. The van der Waals surface area contributed by atoms with Crippen LogP contribution in [0.25, 0.3) is 6.08 Å². The number of nitrogens with zero attached hydrogens (tertiary/aromatic N) is 2. The van der Waals surface area contributed by atoms with Gasteiger partial charge in [-0.15, -0.1) is 0 Å². The zero-order chi connectivity index (χ0) is 22.7. The van der Waals surface area contributed by atoms with Crippen molar-refractivity contribution in [2.75, 3.05) is 27.4 Å². The van der Waals surface area contributed by atoms with Crippen LogP contribution in [0.15, 0.2) is 68.1 Å². The molecule has 0 saturated heterocycles. The van der Waals surface area contributed by atoms with Gasteiger partial charge >= 0.3 is 5.97 Å². The van der Waals surface area contributed by atoms with Crippen molar-refractivity contribution < 1.29 is 23.4 Å². The van der Waals surface area contributed by atoms with Crippen molar-refractivity contribution in [3.05, 3.63) is 84.9 Å². The Morgan fingerprint density at radius 2 is 2.00 bits per heavy atom. The minimum Gasteiger partial charge on any atom is -0.497 e. The van der Waals surface area contributed by atoms with Crippen LogP contribution < -0.4 is 19.6 Å². The summed E-state index contributed by atoms with van der Waals surface area (Å²) >= 11 is 1.24. The smallest absolute Gasteiger partial charge is 0.338 e. The van der Waals surface area contributed by atoms with Crippen molar-refractivity contribution in [1.29, 1.82) is 0 Å². The minimum atomic E-state index is -0.689. The minimum absolute atomic E-state index is 0.102. The Labute approximate surface area is 187 Å². The van der Waals surface area contributed by atoms with Crippen molar-refractivity contribution in [2.45, 2.75) is 13.0 Å². The van der Waals surface area contributed by atoms with Crippen LogP contribution in [-0.4, -0.2) is 38.0 Å². The molecule has 0 fully saturated rings. The summed E-state index contributed by atoms with van der Waals surface area (Å²) in [5.41, 5.74) is 1.28. The predicted molar refractivity (Wildman–Crippen MR) is 118 cm³/mol. The van der Waals surface area contributed by atoms with Gasteiger partial charge in [0.1, 0.15) is 18.1 Å². The second-order valence-corrected chi connectivity index (χ2v) is 8.01. The average Bonchev–Trinajstić information content (AvgIpc) is 3.41. The van der Waals surface area contributed by atoms with E-state index in [1.165, 1.54) is 23.0 Å². The van der Waals surface area contributed by atoms with Gasteiger partial charge in [0.15, 0.2) is 4.80 Å². The van der Waals surface area contributed by atoms with E-state index in [1.807, 2.05) is 12.1 Å². The lowest BCUT2D eigenvalue weighted by Gasteiger charge is -2.25. The van der Waals surface area contributed by atoms with E-state index in [4.69, 9.17) is 18.6 Å². The van der Waals surface area contributed by atoms with E-state index in [9.17, 15) is 9.59 Å². The molecule has 0 bridgehead atoms. The first-order chi connectivity index (χ1) is 15.5. The highest BCUT2D eigenvalue weighted by atomic mass is 32.1. The topological polar surface area (TPSA) is 92.3 Å². The van der Waals surface area contributed by atoms with Crippen LogP contribution in [-0.2, 0) is 14.3 Å². The molecule has 0 radical (unpaired) electrons. The zero-order valence-electron chi connectivity index (χ0n) is 17.9. The maximum Gasteiger partial charge on any atom is 0.338 e. The Morgan fingerprint density at radius 1 is 1.22 bits per heavy atom. The zero-order valence-corrected chi connectivity index (χ0v) is 18.7. The molecule has 3 heterocycles.